The molecule has 0 aliphatic heterocycles. The van der Waals surface area contributed by atoms with Crippen molar-refractivity contribution in [2.24, 2.45) is 12.5 Å². The first-order valence-corrected chi connectivity index (χ1v) is 9.26. The molecule has 0 bridgehead atoms. The molecule has 0 amide bonds. The van der Waals surface area contributed by atoms with Crippen molar-refractivity contribution >= 4 is 0 Å². The third kappa shape index (κ3) is 5.26. The molecule has 0 fully saturated rings. The first kappa shape index (κ1) is 19.8. The van der Waals surface area contributed by atoms with Crippen LogP contribution in [0.25, 0.3) is 11.3 Å². The van der Waals surface area contributed by atoms with Crippen molar-refractivity contribution in [3.8, 4) is 28.8 Å². The molecule has 0 radical (unpaired) electrons. The lowest BCUT2D eigenvalue weighted by atomic mass is 9.89. The zero-order valence-electron chi connectivity index (χ0n) is 16.2. The Bertz CT molecular complexity index is 772. The molecule has 1 aromatic carbocycles. The maximum atomic E-state index is 10.4. The largest absolute Gasteiger partial charge is 0.507 e. The van der Waals surface area contributed by atoms with E-state index >= 15 is 0 Å². The number of ether oxygens (including phenoxy) is 1. The summed E-state index contributed by atoms with van der Waals surface area (Å²) in [5.41, 5.74) is 2.30. The van der Waals surface area contributed by atoms with Crippen molar-refractivity contribution in [2.45, 2.75) is 52.9 Å². The van der Waals surface area contributed by atoms with Crippen LogP contribution in [0.1, 0.15) is 52.0 Å². The highest BCUT2D eigenvalue weighted by molar-refractivity contribution is 5.69. The summed E-state index contributed by atoms with van der Waals surface area (Å²) in [6.07, 6.45) is 6.58. The minimum Gasteiger partial charge on any atom is -0.507 e. The molecule has 5 heteroatoms. The van der Waals surface area contributed by atoms with Crippen LogP contribution in [0.5, 0.6) is 11.5 Å². The van der Waals surface area contributed by atoms with Gasteiger partial charge in [0.1, 0.15) is 11.5 Å². The fraction of sp³-hybridized carbons (Fsp3) is 0.524. The molecule has 1 heterocycles. The summed E-state index contributed by atoms with van der Waals surface area (Å²) in [5.74, 6) is 0.925. The summed E-state index contributed by atoms with van der Waals surface area (Å²) in [7, 11) is 1.86. The molecule has 0 spiro atoms. The Labute approximate surface area is 156 Å². The molecule has 1 aromatic heterocycles. The van der Waals surface area contributed by atoms with Gasteiger partial charge in [-0.3, -0.25) is 4.68 Å². The summed E-state index contributed by atoms with van der Waals surface area (Å²) in [5, 5.41) is 23.8. The van der Waals surface area contributed by atoms with E-state index < -0.39 is 0 Å². The lowest BCUT2D eigenvalue weighted by molar-refractivity contribution is 0.296. The van der Waals surface area contributed by atoms with Gasteiger partial charge >= 0.3 is 0 Å². The van der Waals surface area contributed by atoms with Crippen molar-refractivity contribution in [1.82, 2.24) is 9.78 Å². The van der Waals surface area contributed by atoms with Crippen LogP contribution >= 0.6 is 0 Å². The Morgan fingerprint density at radius 2 is 2.04 bits per heavy atom. The highest BCUT2D eigenvalue weighted by atomic mass is 16.5. The molecule has 0 aliphatic rings. The lowest BCUT2D eigenvalue weighted by Gasteiger charge is -2.15. The first-order chi connectivity index (χ1) is 12.4. The predicted octanol–water partition coefficient (Wildman–Crippen LogP) is 4.84. The van der Waals surface area contributed by atoms with Gasteiger partial charge in [0.05, 0.1) is 23.8 Å². The van der Waals surface area contributed by atoms with Gasteiger partial charge in [-0.1, -0.05) is 19.8 Å². The fourth-order valence-corrected chi connectivity index (χ4v) is 2.87. The van der Waals surface area contributed by atoms with Gasteiger partial charge in [-0.2, -0.15) is 10.4 Å². The normalized spacial score (nSPS) is 11.3. The molecule has 0 saturated carbocycles. The molecule has 26 heavy (non-hydrogen) atoms. The van der Waals surface area contributed by atoms with Crippen LogP contribution in [0.4, 0.5) is 0 Å². The number of aromatic nitrogens is 2. The second kappa shape index (κ2) is 8.75. The van der Waals surface area contributed by atoms with E-state index in [0.717, 1.165) is 54.7 Å². The molecule has 5 nitrogen and oxygen atoms in total. The van der Waals surface area contributed by atoms with Gasteiger partial charge in [0.25, 0.3) is 0 Å². The van der Waals surface area contributed by atoms with Crippen LogP contribution < -0.4 is 4.74 Å². The standard InChI is InChI=1S/C21H29N3O2/c1-5-16-13-17(18-9-11-24(4)23-18)19(25)14-20(16)26-12-8-6-7-10-21(2,3)15-22/h9,11,13-14,25H,5-8,10,12H2,1-4H3. The summed E-state index contributed by atoms with van der Waals surface area (Å²) < 4.78 is 7.63. The maximum absolute atomic E-state index is 10.4. The topological polar surface area (TPSA) is 71.1 Å². The van der Waals surface area contributed by atoms with E-state index in [4.69, 9.17) is 10.00 Å². The zero-order valence-corrected chi connectivity index (χ0v) is 16.2. The Kier molecular flexibility index (Phi) is 6.68. The van der Waals surface area contributed by atoms with E-state index in [-0.39, 0.29) is 11.2 Å². The van der Waals surface area contributed by atoms with Gasteiger partial charge in [-0.25, -0.2) is 0 Å². The van der Waals surface area contributed by atoms with Gasteiger partial charge in [-0.15, -0.1) is 0 Å². The number of benzene rings is 1. The minimum absolute atomic E-state index is 0.187. The highest BCUT2D eigenvalue weighted by Crippen LogP contribution is 2.35. The van der Waals surface area contributed by atoms with E-state index in [9.17, 15) is 5.11 Å². The van der Waals surface area contributed by atoms with Crippen LogP contribution in [0.2, 0.25) is 0 Å². The molecular weight excluding hydrogens is 326 g/mol. The number of hydrogen-bond donors (Lipinski definition) is 1. The molecule has 0 aliphatic carbocycles. The van der Waals surface area contributed by atoms with Gasteiger partial charge in [0, 0.05) is 24.9 Å². The van der Waals surface area contributed by atoms with Gasteiger partial charge < -0.3 is 9.84 Å². The molecule has 2 aromatic rings. The van der Waals surface area contributed by atoms with E-state index in [1.54, 1.807) is 10.7 Å². The molecule has 0 unspecified atom stereocenters. The van der Waals surface area contributed by atoms with E-state index in [0.29, 0.717) is 6.61 Å². The van der Waals surface area contributed by atoms with Crippen LogP contribution in [0, 0.1) is 16.7 Å². The Hall–Kier alpha value is -2.48. The first-order valence-electron chi connectivity index (χ1n) is 9.26. The van der Waals surface area contributed by atoms with Crippen LogP contribution in [0.15, 0.2) is 24.4 Å². The van der Waals surface area contributed by atoms with Gasteiger partial charge in [-0.05, 0) is 50.8 Å². The van der Waals surface area contributed by atoms with Gasteiger partial charge in [0.15, 0.2) is 0 Å². The average molecular weight is 355 g/mol. The van der Waals surface area contributed by atoms with Gasteiger partial charge in [0.2, 0.25) is 0 Å². The molecule has 0 atom stereocenters. The predicted molar refractivity (Wildman–Crippen MR) is 103 cm³/mol. The monoisotopic (exact) mass is 355 g/mol. The zero-order chi connectivity index (χ0) is 19.2. The summed E-state index contributed by atoms with van der Waals surface area (Å²) in [6, 6.07) is 7.88. The smallest absolute Gasteiger partial charge is 0.128 e. The molecular formula is C21H29N3O2. The molecule has 140 valence electrons. The quantitative estimate of drug-likeness (QED) is 0.653. The number of rotatable bonds is 9. The number of nitriles is 1. The minimum atomic E-state index is -0.247. The molecule has 0 saturated heterocycles. The van der Waals surface area contributed by atoms with Crippen molar-refractivity contribution in [1.29, 1.82) is 5.26 Å². The highest BCUT2D eigenvalue weighted by Gasteiger charge is 2.16. The summed E-state index contributed by atoms with van der Waals surface area (Å²) in [6.45, 7) is 6.64. The SMILES string of the molecule is CCc1cc(-c2ccn(C)n2)c(O)cc1OCCCCCC(C)(C)C#N. The number of phenols is 1. The number of hydrogen-bond acceptors (Lipinski definition) is 4. The number of aromatic hydroxyl groups is 1. The van der Waals surface area contributed by atoms with Crippen LogP contribution in [-0.4, -0.2) is 21.5 Å². The summed E-state index contributed by atoms with van der Waals surface area (Å²) >= 11 is 0. The van der Waals surface area contributed by atoms with Crippen molar-refractivity contribution in [3.63, 3.8) is 0 Å². The van der Waals surface area contributed by atoms with Crippen LogP contribution in [0.3, 0.4) is 0 Å². The third-order valence-electron chi connectivity index (χ3n) is 4.56. The number of phenolic OH excluding ortho intramolecular Hbond substituents is 1. The van der Waals surface area contributed by atoms with Crippen molar-refractivity contribution in [2.75, 3.05) is 6.61 Å². The van der Waals surface area contributed by atoms with Crippen LogP contribution in [-0.2, 0) is 13.5 Å². The third-order valence-corrected chi connectivity index (χ3v) is 4.56. The maximum Gasteiger partial charge on any atom is 0.128 e. The number of unbranched alkanes of at least 4 members (excludes halogenated alkanes) is 2. The second-order valence-electron chi connectivity index (χ2n) is 7.36. The van der Waals surface area contributed by atoms with Crippen molar-refractivity contribution in [3.05, 3.63) is 30.0 Å². The molecule has 1 N–H and O–H groups in total. The second-order valence-corrected chi connectivity index (χ2v) is 7.36. The number of nitrogens with zero attached hydrogens (tertiary/aromatic N) is 3. The van der Waals surface area contributed by atoms with E-state index in [2.05, 4.69) is 18.1 Å². The Morgan fingerprint density at radius 1 is 1.27 bits per heavy atom. The Morgan fingerprint density at radius 3 is 2.65 bits per heavy atom. The number of aryl methyl sites for hydroxylation is 2. The Balaban J connectivity index is 1.93. The molecule has 2 rings (SSSR count). The average Bonchev–Trinajstić information content (AvgIpc) is 3.04. The van der Waals surface area contributed by atoms with E-state index in [1.807, 2.05) is 39.2 Å². The fourth-order valence-electron chi connectivity index (χ4n) is 2.87. The van der Waals surface area contributed by atoms with Crippen molar-refractivity contribution < 1.29 is 9.84 Å². The lowest BCUT2D eigenvalue weighted by Crippen LogP contribution is -2.07. The summed E-state index contributed by atoms with van der Waals surface area (Å²) in [4.78, 5) is 0. The van der Waals surface area contributed by atoms with E-state index in [1.165, 1.54) is 0 Å².